The molecule has 3 heterocycles. The van der Waals surface area contributed by atoms with Crippen LogP contribution in [0.5, 0.6) is 0 Å². The molecule has 148 valence electrons. The van der Waals surface area contributed by atoms with Crippen LogP contribution in [0.3, 0.4) is 0 Å². The first kappa shape index (κ1) is 18.2. The summed E-state index contributed by atoms with van der Waals surface area (Å²) in [6, 6.07) is 18.9. The van der Waals surface area contributed by atoms with Gasteiger partial charge in [0.1, 0.15) is 17.0 Å². The van der Waals surface area contributed by atoms with Crippen LogP contribution in [0.15, 0.2) is 77.7 Å². The number of hydrogen-bond acceptors (Lipinski definition) is 3. The second-order valence-corrected chi connectivity index (χ2v) is 7.33. The Morgan fingerprint density at radius 2 is 1.83 bits per heavy atom. The van der Waals surface area contributed by atoms with Crippen LogP contribution in [0, 0.1) is 5.82 Å². The molecule has 5 rings (SSSR count). The van der Waals surface area contributed by atoms with Crippen molar-refractivity contribution in [2.75, 3.05) is 11.4 Å². The van der Waals surface area contributed by atoms with Crippen molar-refractivity contribution < 1.29 is 9.18 Å². The lowest BCUT2D eigenvalue weighted by Gasteiger charge is -2.18. The van der Waals surface area contributed by atoms with Gasteiger partial charge >= 0.3 is 0 Å². The molecule has 5 nitrogen and oxygen atoms in total. The topological polar surface area (TPSA) is 55.2 Å². The van der Waals surface area contributed by atoms with E-state index in [2.05, 4.69) is 4.98 Å². The van der Waals surface area contributed by atoms with E-state index in [-0.39, 0.29) is 23.8 Å². The molecule has 0 fully saturated rings. The average molecular weight is 399 g/mol. The van der Waals surface area contributed by atoms with Gasteiger partial charge in [-0.15, -0.1) is 0 Å². The zero-order chi connectivity index (χ0) is 20.7. The van der Waals surface area contributed by atoms with Crippen molar-refractivity contribution in [1.29, 1.82) is 0 Å². The van der Waals surface area contributed by atoms with Crippen molar-refractivity contribution in [3.63, 3.8) is 0 Å². The summed E-state index contributed by atoms with van der Waals surface area (Å²) >= 11 is 0. The van der Waals surface area contributed by atoms with Gasteiger partial charge in [-0.05, 0) is 53.9 Å². The quantitative estimate of drug-likeness (QED) is 0.527. The van der Waals surface area contributed by atoms with E-state index in [0.29, 0.717) is 17.6 Å². The van der Waals surface area contributed by atoms with Crippen LogP contribution in [0.25, 0.3) is 11.0 Å². The Labute approximate surface area is 172 Å². The van der Waals surface area contributed by atoms with E-state index >= 15 is 0 Å². The number of amides is 1. The minimum atomic E-state index is -0.403. The minimum absolute atomic E-state index is 0.106. The lowest BCUT2D eigenvalue weighted by Crippen LogP contribution is -2.36. The molecule has 0 aliphatic carbocycles. The summed E-state index contributed by atoms with van der Waals surface area (Å²) in [6.07, 6.45) is 2.38. The van der Waals surface area contributed by atoms with Crippen LogP contribution in [0.4, 0.5) is 10.1 Å². The van der Waals surface area contributed by atoms with E-state index in [1.807, 2.05) is 30.3 Å². The molecule has 0 N–H and O–H groups in total. The van der Waals surface area contributed by atoms with Crippen LogP contribution < -0.4 is 10.5 Å². The Bertz CT molecular complexity index is 1330. The maximum Gasteiger partial charge on any atom is 0.265 e. The number of para-hydroxylation sites is 1. The van der Waals surface area contributed by atoms with Crippen molar-refractivity contribution >= 4 is 22.6 Å². The summed E-state index contributed by atoms with van der Waals surface area (Å²) in [6.45, 7) is 0.741. The Morgan fingerprint density at radius 3 is 2.67 bits per heavy atom. The smallest absolute Gasteiger partial charge is 0.265 e. The molecule has 4 aromatic rings. The number of fused-ring (bicyclic) bond motifs is 2. The number of pyridine rings is 2. The van der Waals surface area contributed by atoms with Gasteiger partial charge in [0.15, 0.2) is 0 Å². The number of halogens is 1. The van der Waals surface area contributed by atoms with Crippen molar-refractivity contribution in [2.45, 2.75) is 13.0 Å². The van der Waals surface area contributed by atoms with Crippen LogP contribution >= 0.6 is 0 Å². The van der Waals surface area contributed by atoms with Gasteiger partial charge in [-0.3, -0.25) is 14.2 Å². The second kappa shape index (κ2) is 7.22. The highest BCUT2D eigenvalue weighted by Gasteiger charge is 2.28. The molecule has 1 aliphatic rings. The number of hydrogen-bond donors (Lipinski definition) is 0. The third-order valence-corrected chi connectivity index (χ3v) is 5.46. The summed E-state index contributed by atoms with van der Waals surface area (Å²) in [5.74, 6) is -0.658. The number of rotatable bonds is 3. The van der Waals surface area contributed by atoms with Gasteiger partial charge in [0.05, 0.1) is 6.54 Å². The fourth-order valence-corrected chi connectivity index (χ4v) is 3.97. The summed E-state index contributed by atoms with van der Waals surface area (Å²) in [5.41, 5.74) is 2.89. The van der Waals surface area contributed by atoms with Gasteiger partial charge in [-0.2, -0.15) is 0 Å². The molecule has 2 aromatic carbocycles. The number of benzene rings is 2. The maximum atomic E-state index is 13.4. The summed E-state index contributed by atoms with van der Waals surface area (Å²) in [4.78, 5) is 32.7. The van der Waals surface area contributed by atoms with Crippen LogP contribution in [0.1, 0.15) is 21.5 Å². The lowest BCUT2D eigenvalue weighted by atomic mass is 10.1. The van der Waals surface area contributed by atoms with Crippen LogP contribution in [-0.2, 0) is 13.0 Å². The maximum absolute atomic E-state index is 13.4. The molecule has 1 amide bonds. The molecule has 0 unspecified atom stereocenters. The summed E-state index contributed by atoms with van der Waals surface area (Å²) in [7, 11) is 0. The third kappa shape index (κ3) is 3.06. The Kier molecular flexibility index (Phi) is 4.39. The molecule has 2 aromatic heterocycles. The zero-order valence-corrected chi connectivity index (χ0v) is 16.1. The van der Waals surface area contributed by atoms with E-state index < -0.39 is 5.56 Å². The second-order valence-electron chi connectivity index (χ2n) is 7.33. The predicted molar refractivity (Wildman–Crippen MR) is 113 cm³/mol. The van der Waals surface area contributed by atoms with Crippen molar-refractivity contribution in [3.8, 4) is 0 Å². The van der Waals surface area contributed by atoms with E-state index in [1.54, 1.807) is 35.4 Å². The minimum Gasteiger partial charge on any atom is -0.308 e. The molecule has 0 saturated carbocycles. The van der Waals surface area contributed by atoms with E-state index in [0.717, 1.165) is 23.2 Å². The standard InChI is InChI=1S/C24H18FN3O2/c25-19-9-7-16(8-10-19)15-28-22-18(5-3-12-26-22)14-20(24(28)30)23(29)27-13-11-17-4-1-2-6-21(17)27/h1-10,12,14H,11,13,15H2. The normalized spacial score (nSPS) is 12.9. The van der Waals surface area contributed by atoms with Gasteiger partial charge in [0.2, 0.25) is 0 Å². The first-order valence-corrected chi connectivity index (χ1v) is 9.74. The molecule has 0 atom stereocenters. The molecular formula is C24H18FN3O2. The predicted octanol–water partition coefficient (Wildman–Crippen LogP) is 3.79. The van der Waals surface area contributed by atoms with Crippen LogP contribution in [0.2, 0.25) is 0 Å². The molecule has 0 bridgehead atoms. The number of carbonyl (C=O) groups is 1. The van der Waals surface area contributed by atoms with Gasteiger partial charge in [0, 0.05) is 23.8 Å². The largest absolute Gasteiger partial charge is 0.308 e. The number of aromatic nitrogens is 2. The van der Waals surface area contributed by atoms with Crippen molar-refractivity contribution in [2.24, 2.45) is 0 Å². The van der Waals surface area contributed by atoms with E-state index in [9.17, 15) is 14.0 Å². The summed E-state index contributed by atoms with van der Waals surface area (Å²) < 4.78 is 14.8. The van der Waals surface area contributed by atoms with E-state index in [4.69, 9.17) is 0 Å². The highest BCUT2D eigenvalue weighted by atomic mass is 19.1. The number of carbonyl (C=O) groups excluding carboxylic acids is 1. The molecule has 30 heavy (non-hydrogen) atoms. The third-order valence-electron chi connectivity index (χ3n) is 5.46. The van der Waals surface area contributed by atoms with E-state index in [1.165, 1.54) is 16.7 Å². The fraction of sp³-hybridized carbons (Fsp3) is 0.125. The van der Waals surface area contributed by atoms with Gasteiger partial charge in [0.25, 0.3) is 11.5 Å². The molecule has 0 radical (unpaired) electrons. The highest BCUT2D eigenvalue weighted by molar-refractivity contribution is 6.08. The Balaban J connectivity index is 1.63. The molecule has 0 saturated heterocycles. The first-order valence-electron chi connectivity index (χ1n) is 9.74. The average Bonchev–Trinajstić information content (AvgIpc) is 3.20. The molecule has 6 heteroatoms. The highest BCUT2D eigenvalue weighted by Crippen LogP contribution is 2.28. The SMILES string of the molecule is O=C(c1cc2cccnc2n(Cc2ccc(F)cc2)c1=O)N1CCc2ccccc21. The fourth-order valence-electron chi connectivity index (χ4n) is 3.97. The molecule has 1 aliphatic heterocycles. The number of nitrogens with zero attached hydrogens (tertiary/aromatic N) is 3. The van der Waals surface area contributed by atoms with Crippen molar-refractivity contribution in [3.05, 3.63) is 106 Å². The van der Waals surface area contributed by atoms with Gasteiger partial charge < -0.3 is 4.90 Å². The van der Waals surface area contributed by atoms with Crippen LogP contribution in [-0.4, -0.2) is 22.0 Å². The molecule has 0 spiro atoms. The lowest BCUT2D eigenvalue weighted by molar-refractivity contribution is 0.0987. The Morgan fingerprint density at radius 1 is 1.03 bits per heavy atom. The zero-order valence-electron chi connectivity index (χ0n) is 16.1. The molecular weight excluding hydrogens is 381 g/mol. The van der Waals surface area contributed by atoms with Crippen molar-refractivity contribution in [1.82, 2.24) is 9.55 Å². The summed E-state index contributed by atoms with van der Waals surface area (Å²) in [5, 5.41) is 0.704. The van der Waals surface area contributed by atoms with Gasteiger partial charge in [-0.1, -0.05) is 30.3 Å². The number of anilines is 1. The van der Waals surface area contributed by atoms with Gasteiger partial charge in [-0.25, -0.2) is 9.37 Å². The first-order chi connectivity index (χ1) is 14.6. The Hall–Kier alpha value is -3.80. The monoisotopic (exact) mass is 399 g/mol.